The molecule has 0 saturated heterocycles. The van der Waals surface area contributed by atoms with Gasteiger partial charge < -0.3 is 5.11 Å². The van der Waals surface area contributed by atoms with Crippen LogP contribution in [-0.4, -0.2) is 14.5 Å². The highest BCUT2D eigenvalue weighted by atomic mass is 35.5. The molecule has 0 bridgehead atoms. The maximum Gasteiger partial charge on any atom is 0.121 e. The van der Waals surface area contributed by atoms with Crippen LogP contribution < -0.4 is 0 Å². The normalized spacial score (nSPS) is 20.1. The molecule has 5 heteroatoms. The second-order valence-corrected chi connectivity index (χ2v) is 6.69. The highest BCUT2D eigenvalue weighted by Crippen LogP contribution is 2.39. The smallest absolute Gasteiger partial charge is 0.121 e. The summed E-state index contributed by atoms with van der Waals surface area (Å²) in [5.41, 5.74) is 0.834. The van der Waals surface area contributed by atoms with Crippen LogP contribution in [0.1, 0.15) is 50.3 Å². The minimum Gasteiger partial charge on any atom is -0.386 e. The third-order valence-corrected chi connectivity index (χ3v) is 5.21. The number of fused-ring (bicyclic) bond motifs is 1. The first-order valence-electron chi connectivity index (χ1n) is 6.55. The number of thiazole rings is 1. The van der Waals surface area contributed by atoms with Gasteiger partial charge in [0.15, 0.2) is 0 Å². The van der Waals surface area contributed by atoms with Gasteiger partial charge in [-0.05, 0) is 18.8 Å². The molecular weight excluding hydrogens is 268 g/mol. The van der Waals surface area contributed by atoms with Gasteiger partial charge in [-0.15, -0.1) is 11.3 Å². The summed E-state index contributed by atoms with van der Waals surface area (Å²) in [5.74, 6) is 0.338. The fraction of sp³-hybridized carbons (Fsp3) is 0.615. The summed E-state index contributed by atoms with van der Waals surface area (Å²) >= 11 is 7.76. The predicted octanol–water partition coefficient (Wildman–Crippen LogP) is 4.05. The van der Waals surface area contributed by atoms with Gasteiger partial charge in [-0.1, -0.05) is 37.3 Å². The van der Waals surface area contributed by atoms with E-state index in [0.29, 0.717) is 10.3 Å². The molecule has 2 aromatic rings. The minimum atomic E-state index is -0.460. The lowest BCUT2D eigenvalue weighted by atomic mass is 9.92. The summed E-state index contributed by atoms with van der Waals surface area (Å²) in [6, 6.07) is 0. The van der Waals surface area contributed by atoms with Crippen molar-refractivity contribution in [1.82, 2.24) is 9.38 Å². The standard InChI is InChI=1S/C13H17ClN2OS/c14-13-11(16-8-15-7-10(16)18-13)12(17)9-5-3-1-2-4-6-9/h7-9,12,17H,1-6H2. The van der Waals surface area contributed by atoms with Crippen LogP contribution in [-0.2, 0) is 0 Å². The van der Waals surface area contributed by atoms with Crippen LogP contribution in [0.5, 0.6) is 0 Å². The topological polar surface area (TPSA) is 37.5 Å². The van der Waals surface area contributed by atoms with Crippen molar-refractivity contribution in [3.8, 4) is 0 Å². The Morgan fingerprint density at radius 1 is 1.33 bits per heavy atom. The molecule has 0 aliphatic heterocycles. The molecule has 3 rings (SSSR count). The van der Waals surface area contributed by atoms with Gasteiger partial charge in [0.2, 0.25) is 0 Å². The van der Waals surface area contributed by atoms with E-state index in [0.717, 1.165) is 23.4 Å². The summed E-state index contributed by atoms with van der Waals surface area (Å²) in [6.07, 6.45) is 10.3. The predicted molar refractivity (Wildman–Crippen MR) is 74.2 cm³/mol. The first-order valence-corrected chi connectivity index (χ1v) is 7.75. The summed E-state index contributed by atoms with van der Waals surface area (Å²) in [7, 11) is 0. The van der Waals surface area contributed by atoms with Crippen LogP contribution in [0.25, 0.3) is 4.83 Å². The quantitative estimate of drug-likeness (QED) is 0.845. The first kappa shape index (κ1) is 12.5. The van der Waals surface area contributed by atoms with E-state index in [1.54, 1.807) is 12.5 Å². The number of aliphatic hydroxyl groups is 1. The van der Waals surface area contributed by atoms with Gasteiger partial charge in [0.1, 0.15) is 15.5 Å². The van der Waals surface area contributed by atoms with E-state index >= 15 is 0 Å². The Balaban J connectivity index is 1.92. The Hall–Kier alpha value is -0.580. The van der Waals surface area contributed by atoms with Crippen LogP contribution in [0.3, 0.4) is 0 Å². The SMILES string of the molecule is OC(c1c(Cl)sc2cncn12)C1CCCCCC1. The second-order valence-electron chi connectivity index (χ2n) is 5.06. The fourth-order valence-corrected chi connectivity index (χ4v) is 4.19. The minimum absolute atomic E-state index is 0.338. The summed E-state index contributed by atoms with van der Waals surface area (Å²) in [4.78, 5) is 5.12. The lowest BCUT2D eigenvalue weighted by Crippen LogP contribution is -2.14. The largest absolute Gasteiger partial charge is 0.386 e. The van der Waals surface area contributed by atoms with Gasteiger partial charge in [-0.2, -0.15) is 0 Å². The number of imidazole rings is 1. The number of halogens is 1. The number of aliphatic hydroxyl groups excluding tert-OH is 1. The van der Waals surface area contributed by atoms with Crippen LogP contribution in [0.15, 0.2) is 12.5 Å². The molecule has 1 aliphatic rings. The van der Waals surface area contributed by atoms with Crippen molar-refractivity contribution >= 4 is 27.8 Å². The first-order chi connectivity index (χ1) is 8.77. The van der Waals surface area contributed by atoms with E-state index in [1.807, 2.05) is 4.40 Å². The molecule has 18 heavy (non-hydrogen) atoms. The summed E-state index contributed by atoms with van der Waals surface area (Å²) in [6.45, 7) is 0. The zero-order valence-corrected chi connectivity index (χ0v) is 11.8. The number of hydrogen-bond acceptors (Lipinski definition) is 3. The zero-order chi connectivity index (χ0) is 12.5. The molecule has 0 amide bonds. The molecule has 1 fully saturated rings. The lowest BCUT2D eigenvalue weighted by molar-refractivity contribution is 0.0943. The maximum atomic E-state index is 10.6. The van der Waals surface area contributed by atoms with Crippen molar-refractivity contribution in [2.45, 2.75) is 44.6 Å². The number of rotatable bonds is 2. The monoisotopic (exact) mass is 284 g/mol. The molecule has 2 heterocycles. The van der Waals surface area contributed by atoms with Gasteiger partial charge in [-0.25, -0.2) is 4.98 Å². The van der Waals surface area contributed by atoms with E-state index in [4.69, 9.17) is 11.6 Å². The maximum absolute atomic E-state index is 10.6. The third-order valence-electron chi connectivity index (χ3n) is 3.89. The van der Waals surface area contributed by atoms with E-state index < -0.39 is 6.10 Å². The molecule has 1 aliphatic carbocycles. The summed E-state index contributed by atoms with van der Waals surface area (Å²) < 4.78 is 2.63. The molecule has 98 valence electrons. The van der Waals surface area contributed by atoms with Crippen molar-refractivity contribution in [3.63, 3.8) is 0 Å². The number of aromatic nitrogens is 2. The van der Waals surface area contributed by atoms with E-state index in [9.17, 15) is 5.11 Å². The Morgan fingerprint density at radius 3 is 2.78 bits per heavy atom. The molecule has 1 saturated carbocycles. The average Bonchev–Trinajstić information content (AvgIpc) is 2.78. The van der Waals surface area contributed by atoms with Crippen molar-refractivity contribution in [2.24, 2.45) is 5.92 Å². The van der Waals surface area contributed by atoms with E-state index in [2.05, 4.69) is 4.98 Å². The Morgan fingerprint density at radius 2 is 2.06 bits per heavy atom. The van der Waals surface area contributed by atoms with Gasteiger partial charge in [0.25, 0.3) is 0 Å². The Kier molecular flexibility index (Phi) is 3.59. The molecule has 1 atom stereocenters. The Labute approximate surface area is 115 Å². The summed E-state index contributed by atoms with van der Waals surface area (Å²) in [5, 5.41) is 10.6. The average molecular weight is 285 g/mol. The lowest BCUT2D eigenvalue weighted by Gasteiger charge is -2.21. The molecule has 0 radical (unpaired) electrons. The highest BCUT2D eigenvalue weighted by Gasteiger charge is 2.27. The third kappa shape index (κ3) is 2.17. The van der Waals surface area contributed by atoms with E-state index in [1.165, 1.54) is 37.0 Å². The van der Waals surface area contributed by atoms with Gasteiger partial charge in [0, 0.05) is 0 Å². The molecule has 1 unspecified atom stereocenters. The van der Waals surface area contributed by atoms with Crippen molar-refractivity contribution in [1.29, 1.82) is 0 Å². The van der Waals surface area contributed by atoms with Crippen molar-refractivity contribution in [3.05, 3.63) is 22.6 Å². The van der Waals surface area contributed by atoms with Crippen molar-refractivity contribution in [2.75, 3.05) is 0 Å². The zero-order valence-electron chi connectivity index (χ0n) is 10.2. The van der Waals surface area contributed by atoms with Crippen molar-refractivity contribution < 1.29 is 5.11 Å². The van der Waals surface area contributed by atoms with E-state index in [-0.39, 0.29) is 0 Å². The Bertz CT molecular complexity index is 528. The molecule has 1 N–H and O–H groups in total. The van der Waals surface area contributed by atoms with Crippen LogP contribution in [0.2, 0.25) is 4.34 Å². The molecule has 2 aromatic heterocycles. The molecule has 0 spiro atoms. The van der Waals surface area contributed by atoms with Gasteiger partial charge in [-0.3, -0.25) is 4.40 Å². The fourth-order valence-electron chi connectivity index (χ4n) is 2.89. The van der Waals surface area contributed by atoms with Gasteiger partial charge in [0.05, 0.1) is 18.0 Å². The number of hydrogen-bond donors (Lipinski definition) is 1. The molecule has 0 aromatic carbocycles. The second kappa shape index (κ2) is 5.19. The number of nitrogens with zero attached hydrogens (tertiary/aromatic N) is 2. The molecule has 3 nitrogen and oxygen atoms in total. The highest BCUT2D eigenvalue weighted by molar-refractivity contribution is 7.21. The van der Waals surface area contributed by atoms with Crippen LogP contribution in [0.4, 0.5) is 0 Å². The van der Waals surface area contributed by atoms with Gasteiger partial charge >= 0.3 is 0 Å². The van der Waals surface area contributed by atoms with Crippen LogP contribution >= 0.6 is 22.9 Å². The molecular formula is C13H17ClN2OS. The van der Waals surface area contributed by atoms with Crippen LogP contribution in [0, 0.1) is 5.92 Å².